The summed E-state index contributed by atoms with van der Waals surface area (Å²) in [6, 6.07) is 8.89. The summed E-state index contributed by atoms with van der Waals surface area (Å²) in [5.41, 5.74) is 2.74. The summed E-state index contributed by atoms with van der Waals surface area (Å²) < 4.78 is 5.08. The van der Waals surface area contributed by atoms with E-state index >= 15 is 0 Å². The molecular formula is C15H23BrO. The molecule has 0 saturated carbocycles. The molecular weight excluding hydrogens is 276 g/mol. The summed E-state index contributed by atoms with van der Waals surface area (Å²) in [4.78, 5) is 0.505. The number of hydrogen-bond donors (Lipinski definition) is 0. The highest BCUT2D eigenvalue weighted by Gasteiger charge is 2.06. The molecule has 0 aliphatic heterocycles. The number of benzene rings is 1. The van der Waals surface area contributed by atoms with Crippen LogP contribution in [0, 0.1) is 0 Å². The number of halogens is 1. The van der Waals surface area contributed by atoms with Crippen molar-refractivity contribution in [3.05, 3.63) is 35.4 Å². The van der Waals surface area contributed by atoms with Gasteiger partial charge in [-0.2, -0.15) is 0 Å². The van der Waals surface area contributed by atoms with E-state index in [0.717, 1.165) is 13.0 Å². The minimum atomic E-state index is 0.505. The van der Waals surface area contributed by atoms with Gasteiger partial charge in [0.25, 0.3) is 0 Å². The van der Waals surface area contributed by atoms with Crippen LogP contribution in [-0.4, -0.2) is 13.7 Å². The van der Waals surface area contributed by atoms with Crippen molar-refractivity contribution in [3.8, 4) is 0 Å². The molecule has 0 amide bonds. The van der Waals surface area contributed by atoms with E-state index in [9.17, 15) is 0 Å². The predicted molar refractivity (Wildman–Crippen MR) is 77.8 cm³/mol. The Hall–Kier alpha value is -0.340. The molecule has 1 aromatic carbocycles. The number of rotatable bonds is 8. The smallest absolute Gasteiger partial charge is 0.0502 e. The molecule has 0 aromatic heterocycles. The zero-order valence-corrected chi connectivity index (χ0v) is 12.5. The van der Waals surface area contributed by atoms with Gasteiger partial charge in [-0.15, -0.1) is 0 Å². The monoisotopic (exact) mass is 298 g/mol. The van der Waals surface area contributed by atoms with Gasteiger partial charge < -0.3 is 4.74 Å². The molecule has 0 saturated heterocycles. The van der Waals surface area contributed by atoms with Crippen LogP contribution in [0.3, 0.4) is 0 Å². The van der Waals surface area contributed by atoms with Gasteiger partial charge in [0, 0.05) is 11.9 Å². The highest BCUT2D eigenvalue weighted by molar-refractivity contribution is 9.09. The molecule has 17 heavy (non-hydrogen) atoms. The van der Waals surface area contributed by atoms with E-state index in [1.165, 1.54) is 36.8 Å². The fourth-order valence-corrected chi connectivity index (χ4v) is 2.48. The lowest BCUT2D eigenvalue weighted by Gasteiger charge is -2.10. The molecule has 1 nitrogen and oxygen atoms in total. The van der Waals surface area contributed by atoms with E-state index in [-0.39, 0.29) is 0 Å². The topological polar surface area (TPSA) is 9.23 Å². The molecule has 0 aliphatic carbocycles. The van der Waals surface area contributed by atoms with E-state index in [0.29, 0.717) is 4.83 Å². The molecule has 0 bridgehead atoms. The second kappa shape index (κ2) is 8.71. The first-order chi connectivity index (χ1) is 8.27. The van der Waals surface area contributed by atoms with Gasteiger partial charge in [-0.3, -0.25) is 0 Å². The minimum Gasteiger partial charge on any atom is -0.384 e. The Morgan fingerprint density at radius 3 is 2.47 bits per heavy atom. The van der Waals surface area contributed by atoms with E-state index in [1.54, 1.807) is 7.11 Å². The Bertz CT molecular complexity index is 294. The van der Waals surface area contributed by atoms with Gasteiger partial charge in [0.1, 0.15) is 0 Å². The molecule has 0 radical (unpaired) electrons. The third kappa shape index (κ3) is 5.69. The van der Waals surface area contributed by atoms with Crippen molar-refractivity contribution in [3.63, 3.8) is 0 Å². The first-order valence-electron chi connectivity index (χ1n) is 6.49. The number of ether oxygens (including phenoxy) is 1. The number of alkyl halides is 1. The summed E-state index contributed by atoms with van der Waals surface area (Å²) in [6.07, 6.45) is 6.15. The quantitative estimate of drug-likeness (QED) is 0.490. The third-order valence-corrected chi connectivity index (χ3v) is 3.98. The van der Waals surface area contributed by atoms with Crippen LogP contribution in [0.15, 0.2) is 24.3 Å². The first-order valence-corrected chi connectivity index (χ1v) is 7.41. The molecule has 0 spiro atoms. The van der Waals surface area contributed by atoms with Crippen LogP contribution in [0.4, 0.5) is 0 Å². The lowest BCUT2D eigenvalue weighted by Crippen LogP contribution is -1.95. The average Bonchev–Trinajstić information content (AvgIpc) is 2.37. The molecule has 0 heterocycles. The summed E-state index contributed by atoms with van der Waals surface area (Å²) in [7, 11) is 1.75. The summed E-state index contributed by atoms with van der Waals surface area (Å²) in [5.74, 6) is 0. The van der Waals surface area contributed by atoms with Crippen LogP contribution in [0.5, 0.6) is 0 Å². The largest absolute Gasteiger partial charge is 0.384 e. The zero-order valence-electron chi connectivity index (χ0n) is 10.9. The number of hydrogen-bond acceptors (Lipinski definition) is 1. The van der Waals surface area contributed by atoms with Gasteiger partial charge in [0.2, 0.25) is 0 Å². The number of methoxy groups -OCH3 is 1. The molecule has 2 heteroatoms. The predicted octanol–water partition coefficient (Wildman–Crippen LogP) is 4.89. The Morgan fingerprint density at radius 2 is 1.88 bits per heavy atom. The normalized spacial score (nSPS) is 12.6. The SMILES string of the molecule is CCCCCC(Br)c1ccc(CCOC)cc1. The van der Waals surface area contributed by atoms with Crippen molar-refractivity contribution in [2.45, 2.75) is 43.9 Å². The fraction of sp³-hybridized carbons (Fsp3) is 0.600. The maximum absolute atomic E-state index is 5.08. The summed E-state index contributed by atoms with van der Waals surface area (Å²) >= 11 is 3.77. The van der Waals surface area contributed by atoms with Crippen LogP contribution in [0.25, 0.3) is 0 Å². The van der Waals surface area contributed by atoms with Gasteiger partial charge in [-0.05, 0) is 24.0 Å². The van der Waals surface area contributed by atoms with Crippen molar-refractivity contribution in [2.24, 2.45) is 0 Å². The van der Waals surface area contributed by atoms with Crippen LogP contribution in [-0.2, 0) is 11.2 Å². The lowest BCUT2D eigenvalue weighted by atomic mass is 10.0. The van der Waals surface area contributed by atoms with Crippen molar-refractivity contribution in [1.82, 2.24) is 0 Å². The molecule has 0 fully saturated rings. The van der Waals surface area contributed by atoms with Crippen LogP contribution in [0.1, 0.15) is 48.6 Å². The fourth-order valence-electron chi connectivity index (χ4n) is 1.85. The molecule has 1 atom stereocenters. The van der Waals surface area contributed by atoms with Crippen molar-refractivity contribution < 1.29 is 4.74 Å². The highest BCUT2D eigenvalue weighted by atomic mass is 79.9. The van der Waals surface area contributed by atoms with Gasteiger partial charge in [-0.1, -0.05) is 66.4 Å². The van der Waals surface area contributed by atoms with Crippen molar-refractivity contribution >= 4 is 15.9 Å². The van der Waals surface area contributed by atoms with Crippen molar-refractivity contribution in [1.29, 1.82) is 0 Å². The molecule has 1 rings (SSSR count). The second-order valence-corrected chi connectivity index (χ2v) is 5.55. The number of unbranched alkanes of at least 4 members (excludes halogenated alkanes) is 2. The molecule has 1 aromatic rings. The average molecular weight is 299 g/mol. The lowest BCUT2D eigenvalue weighted by molar-refractivity contribution is 0.202. The summed E-state index contributed by atoms with van der Waals surface area (Å²) in [6.45, 7) is 3.04. The Kier molecular flexibility index (Phi) is 7.54. The third-order valence-electron chi connectivity index (χ3n) is 3.00. The minimum absolute atomic E-state index is 0.505. The van der Waals surface area contributed by atoms with E-state index < -0.39 is 0 Å². The Balaban J connectivity index is 2.43. The Morgan fingerprint density at radius 1 is 1.18 bits per heavy atom. The van der Waals surface area contributed by atoms with Crippen LogP contribution < -0.4 is 0 Å². The standard InChI is InChI=1S/C15H23BrO/c1-3-4-5-6-15(16)14-9-7-13(8-10-14)11-12-17-2/h7-10,15H,3-6,11-12H2,1-2H3. The van der Waals surface area contributed by atoms with Gasteiger partial charge in [-0.25, -0.2) is 0 Å². The first kappa shape index (κ1) is 14.7. The molecule has 1 unspecified atom stereocenters. The van der Waals surface area contributed by atoms with Crippen LogP contribution >= 0.6 is 15.9 Å². The van der Waals surface area contributed by atoms with E-state index in [4.69, 9.17) is 4.74 Å². The van der Waals surface area contributed by atoms with E-state index in [2.05, 4.69) is 47.1 Å². The zero-order chi connectivity index (χ0) is 12.5. The highest BCUT2D eigenvalue weighted by Crippen LogP contribution is 2.28. The van der Waals surface area contributed by atoms with Crippen molar-refractivity contribution in [2.75, 3.05) is 13.7 Å². The summed E-state index contributed by atoms with van der Waals surface area (Å²) in [5, 5.41) is 0. The molecule has 0 aliphatic rings. The molecule has 96 valence electrons. The van der Waals surface area contributed by atoms with Gasteiger partial charge in [0.15, 0.2) is 0 Å². The second-order valence-electron chi connectivity index (χ2n) is 4.45. The Labute approximate surface area is 114 Å². The van der Waals surface area contributed by atoms with Crippen LogP contribution in [0.2, 0.25) is 0 Å². The maximum Gasteiger partial charge on any atom is 0.0502 e. The van der Waals surface area contributed by atoms with Gasteiger partial charge in [0.05, 0.1) is 6.61 Å². The molecule has 0 N–H and O–H groups in total. The van der Waals surface area contributed by atoms with Gasteiger partial charge >= 0.3 is 0 Å². The van der Waals surface area contributed by atoms with E-state index in [1.807, 2.05) is 0 Å². The maximum atomic E-state index is 5.08.